The van der Waals surface area contributed by atoms with Crippen LogP contribution in [-0.4, -0.2) is 19.9 Å². The second kappa shape index (κ2) is 7.58. The first-order chi connectivity index (χ1) is 13.1. The standard InChI is InChI=1S/C20H17ClN4OS/c1-13-4-3-5-18(10-13)25-19(15-6-8-16(21)9-7-15)22-23-20(25)27-12-17-11-14(2)26-24-17/h3-11H,12H2,1-2H3. The lowest BCUT2D eigenvalue weighted by molar-refractivity contribution is 0.393. The quantitative estimate of drug-likeness (QED) is 0.418. The molecule has 4 aromatic rings. The smallest absolute Gasteiger partial charge is 0.196 e. The number of thioether (sulfide) groups is 1. The zero-order chi connectivity index (χ0) is 18.8. The Morgan fingerprint density at radius 2 is 1.85 bits per heavy atom. The van der Waals surface area contributed by atoms with Crippen molar-refractivity contribution >= 4 is 23.4 Å². The summed E-state index contributed by atoms with van der Waals surface area (Å²) in [6, 6.07) is 17.8. The first-order valence-electron chi connectivity index (χ1n) is 8.43. The molecule has 0 saturated heterocycles. The number of aryl methyl sites for hydroxylation is 2. The summed E-state index contributed by atoms with van der Waals surface area (Å²) in [7, 11) is 0. The maximum Gasteiger partial charge on any atom is 0.196 e. The molecule has 7 heteroatoms. The van der Waals surface area contributed by atoms with Crippen LogP contribution in [0.3, 0.4) is 0 Å². The van der Waals surface area contributed by atoms with Crippen LogP contribution >= 0.6 is 23.4 Å². The molecule has 0 amide bonds. The van der Waals surface area contributed by atoms with E-state index in [9.17, 15) is 0 Å². The normalized spacial score (nSPS) is 11.1. The third kappa shape index (κ3) is 3.91. The Balaban J connectivity index is 1.75. The largest absolute Gasteiger partial charge is 0.361 e. The van der Waals surface area contributed by atoms with Crippen molar-refractivity contribution in [3.63, 3.8) is 0 Å². The maximum atomic E-state index is 6.04. The molecule has 0 bridgehead atoms. The molecule has 0 atom stereocenters. The lowest BCUT2D eigenvalue weighted by Crippen LogP contribution is -2.00. The number of hydrogen-bond donors (Lipinski definition) is 0. The van der Waals surface area contributed by atoms with Gasteiger partial charge >= 0.3 is 0 Å². The monoisotopic (exact) mass is 396 g/mol. The highest BCUT2D eigenvalue weighted by Gasteiger charge is 2.17. The Labute approximate surface area is 166 Å². The van der Waals surface area contributed by atoms with Crippen LogP contribution in [0, 0.1) is 13.8 Å². The van der Waals surface area contributed by atoms with Gasteiger partial charge in [-0.2, -0.15) is 0 Å². The molecule has 0 radical (unpaired) electrons. The molecule has 0 aliphatic heterocycles. The van der Waals surface area contributed by atoms with Crippen molar-refractivity contribution in [1.82, 2.24) is 19.9 Å². The fourth-order valence-electron chi connectivity index (χ4n) is 2.77. The van der Waals surface area contributed by atoms with Crippen LogP contribution in [0.1, 0.15) is 17.0 Å². The molecule has 2 aromatic heterocycles. The summed E-state index contributed by atoms with van der Waals surface area (Å²) in [5.74, 6) is 2.23. The van der Waals surface area contributed by atoms with E-state index in [1.54, 1.807) is 11.8 Å². The van der Waals surface area contributed by atoms with E-state index in [2.05, 4.69) is 45.0 Å². The third-order valence-electron chi connectivity index (χ3n) is 4.02. The molecule has 0 saturated carbocycles. The van der Waals surface area contributed by atoms with Gasteiger partial charge < -0.3 is 4.52 Å². The number of nitrogens with zero attached hydrogens (tertiary/aromatic N) is 4. The Bertz CT molecular complexity index is 1070. The molecule has 5 nitrogen and oxygen atoms in total. The Morgan fingerprint density at radius 1 is 1.04 bits per heavy atom. The van der Waals surface area contributed by atoms with Crippen LogP contribution in [0.2, 0.25) is 5.02 Å². The van der Waals surface area contributed by atoms with Crippen molar-refractivity contribution in [2.24, 2.45) is 0 Å². The van der Waals surface area contributed by atoms with E-state index >= 15 is 0 Å². The molecule has 27 heavy (non-hydrogen) atoms. The van der Waals surface area contributed by atoms with Crippen molar-refractivity contribution in [1.29, 1.82) is 0 Å². The van der Waals surface area contributed by atoms with Gasteiger partial charge in [-0.3, -0.25) is 4.57 Å². The first-order valence-corrected chi connectivity index (χ1v) is 9.80. The fourth-order valence-corrected chi connectivity index (χ4v) is 3.73. The number of hydrogen-bond acceptors (Lipinski definition) is 5. The highest BCUT2D eigenvalue weighted by Crippen LogP contribution is 2.30. The summed E-state index contributed by atoms with van der Waals surface area (Å²) in [5.41, 5.74) is 4.02. The Morgan fingerprint density at radius 3 is 2.56 bits per heavy atom. The molecule has 0 aliphatic carbocycles. The molecule has 2 heterocycles. The van der Waals surface area contributed by atoms with E-state index in [4.69, 9.17) is 16.1 Å². The molecule has 0 aliphatic rings. The molecule has 4 rings (SSSR count). The van der Waals surface area contributed by atoms with Gasteiger partial charge in [0.1, 0.15) is 5.76 Å². The van der Waals surface area contributed by atoms with Gasteiger partial charge in [-0.15, -0.1) is 10.2 Å². The summed E-state index contributed by atoms with van der Waals surface area (Å²) in [6.07, 6.45) is 0. The maximum absolute atomic E-state index is 6.04. The highest BCUT2D eigenvalue weighted by molar-refractivity contribution is 7.98. The van der Waals surface area contributed by atoms with Crippen LogP contribution in [0.25, 0.3) is 17.1 Å². The minimum absolute atomic E-state index is 0.655. The number of halogens is 1. The average Bonchev–Trinajstić information content (AvgIpc) is 3.26. The average molecular weight is 397 g/mol. The van der Waals surface area contributed by atoms with E-state index in [0.29, 0.717) is 10.8 Å². The van der Waals surface area contributed by atoms with Crippen molar-refractivity contribution < 1.29 is 4.52 Å². The van der Waals surface area contributed by atoms with Gasteiger partial charge in [-0.1, -0.05) is 40.7 Å². The fraction of sp³-hybridized carbons (Fsp3) is 0.150. The summed E-state index contributed by atoms with van der Waals surface area (Å²) < 4.78 is 7.21. The second-order valence-corrected chi connectivity index (χ2v) is 7.58. The van der Waals surface area contributed by atoms with Crippen molar-refractivity contribution in [2.45, 2.75) is 24.8 Å². The van der Waals surface area contributed by atoms with Crippen LogP contribution in [0.15, 0.2) is 64.3 Å². The molecule has 0 spiro atoms. The first kappa shape index (κ1) is 17.8. The van der Waals surface area contributed by atoms with Crippen molar-refractivity contribution in [3.8, 4) is 17.1 Å². The summed E-state index contributed by atoms with van der Waals surface area (Å²) >= 11 is 7.61. The van der Waals surface area contributed by atoms with E-state index < -0.39 is 0 Å². The van der Waals surface area contributed by atoms with E-state index in [1.807, 2.05) is 43.3 Å². The molecule has 0 fully saturated rings. The van der Waals surface area contributed by atoms with Gasteiger partial charge in [0, 0.05) is 28.1 Å². The van der Waals surface area contributed by atoms with Gasteiger partial charge in [0.05, 0.1) is 5.69 Å². The minimum atomic E-state index is 0.655. The van der Waals surface area contributed by atoms with Gasteiger partial charge in [0.2, 0.25) is 0 Å². The lowest BCUT2D eigenvalue weighted by Gasteiger charge is -2.11. The predicted molar refractivity (Wildman–Crippen MR) is 107 cm³/mol. The molecule has 0 unspecified atom stereocenters. The molecular weight excluding hydrogens is 380 g/mol. The van der Waals surface area contributed by atoms with Crippen molar-refractivity contribution in [2.75, 3.05) is 0 Å². The highest BCUT2D eigenvalue weighted by atomic mass is 35.5. The molecule has 136 valence electrons. The number of aromatic nitrogens is 4. The van der Waals surface area contributed by atoms with E-state index in [1.165, 1.54) is 5.56 Å². The molecule has 0 N–H and O–H groups in total. The van der Waals surface area contributed by atoms with Gasteiger partial charge in [-0.05, 0) is 55.8 Å². The van der Waals surface area contributed by atoms with Crippen LogP contribution in [0.5, 0.6) is 0 Å². The minimum Gasteiger partial charge on any atom is -0.361 e. The lowest BCUT2D eigenvalue weighted by atomic mass is 10.2. The Kier molecular flexibility index (Phi) is 5.01. The van der Waals surface area contributed by atoms with Gasteiger partial charge in [0.15, 0.2) is 11.0 Å². The van der Waals surface area contributed by atoms with Crippen LogP contribution in [0.4, 0.5) is 0 Å². The zero-order valence-corrected chi connectivity index (χ0v) is 16.5. The van der Waals surface area contributed by atoms with E-state index in [0.717, 1.165) is 33.7 Å². The SMILES string of the molecule is Cc1cccc(-n2c(SCc3cc(C)on3)nnc2-c2ccc(Cl)cc2)c1. The second-order valence-electron chi connectivity index (χ2n) is 6.21. The van der Waals surface area contributed by atoms with Crippen molar-refractivity contribution in [3.05, 3.63) is 76.6 Å². The summed E-state index contributed by atoms with van der Waals surface area (Å²) in [5, 5.41) is 14.4. The van der Waals surface area contributed by atoms with E-state index in [-0.39, 0.29) is 0 Å². The number of benzene rings is 2. The molecular formula is C20H17ClN4OS. The zero-order valence-electron chi connectivity index (χ0n) is 14.9. The summed E-state index contributed by atoms with van der Waals surface area (Å²) in [6.45, 7) is 3.95. The molecule has 2 aromatic carbocycles. The predicted octanol–water partition coefficient (Wildman–Crippen LogP) is 5.48. The topological polar surface area (TPSA) is 56.7 Å². The Hall–Kier alpha value is -2.57. The van der Waals surface area contributed by atoms with Crippen LogP contribution in [-0.2, 0) is 5.75 Å². The summed E-state index contributed by atoms with van der Waals surface area (Å²) in [4.78, 5) is 0. The van der Waals surface area contributed by atoms with Crippen LogP contribution < -0.4 is 0 Å². The third-order valence-corrected chi connectivity index (χ3v) is 5.24. The number of rotatable bonds is 5. The van der Waals surface area contributed by atoms with Gasteiger partial charge in [-0.25, -0.2) is 0 Å². The van der Waals surface area contributed by atoms with Gasteiger partial charge in [0.25, 0.3) is 0 Å².